The first kappa shape index (κ1) is 13.9. The maximum absolute atomic E-state index is 12.6. The summed E-state index contributed by atoms with van der Waals surface area (Å²) < 4.78 is 10.9. The van der Waals surface area contributed by atoms with E-state index >= 15 is 0 Å². The Hall–Kier alpha value is -2.08. The lowest BCUT2D eigenvalue weighted by Crippen LogP contribution is -2.48. The Morgan fingerprint density at radius 3 is 2.95 bits per heavy atom. The fraction of sp³-hybridized carbons (Fsp3) is 0.467. The summed E-state index contributed by atoms with van der Waals surface area (Å²) in [5.74, 6) is -0.474. The minimum absolute atomic E-state index is 0.0151. The van der Waals surface area contributed by atoms with Gasteiger partial charge in [0, 0.05) is 18.7 Å². The van der Waals surface area contributed by atoms with Gasteiger partial charge in [0.05, 0.1) is 19.1 Å². The number of ether oxygens (including phenoxy) is 2. The zero-order valence-corrected chi connectivity index (χ0v) is 11.5. The van der Waals surface area contributed by atoms with Gasteiger partial charge in [0.15, 0.2) is 0 Å². The molecule has 0 radical (unpaired) electrons. The van der Waals surface area contributed by atoms with Gasteiger partial charge in [0.2, 0.25) is 5.91 Å². The van der Waals surface area contributed by atoms with Crippen molar-refractivity contribution < 1.29 is 24.2 Å². The first-order chi connectivity index (χ1) is 10.1. The summed E-state index contributed by atoms with van der Waals surface area (Å²) in [6, 6.07) is 7.53. The summed E-state index contributed by atoms with van der Waals surface area (Å²) >= 11 is 0. The standard InChI is InChI=1S/C15H17NO5/c17-14(18)7-10-8-16(5-6-20-10)15(19)12-9-21-13-4-2-1-3-11(12)13/h1-4,10,12H,5-9H2,(H,17,18)/t10-,12+/m1/s1. The van der Waals surface area contributed by atoms with Crippen LogP contribution in [0.2, 0.25) is 0 Å². The van der Waals surface area contributed by atoms with Gasteiger partial charge < -0.3 is 19.5 Å². The van der Waals surface area contributed by atoms with Crippen LogP contribution in [0, 0.1) is 0 Å². The molecule has 0 unspecified atom stereocenters. The zero-order valence-electron chi connectivity index (χ0n) is 11.5. The SMILES string of the molecule is O=C(O)C[C@@H]1CN(C(=O)[C@H]2COc3ccccc32)CCO1. The summed E-state index contributed by atoms with van der Waals surface area (Å²) in [6.07, 6.45) is -0.514. The number of hydrogen-bond donors (Lipinski definition) is 1. The van der Waals surface area contributed by atoms with Crippen molar-refractivity contribution in [3.63, 3.8) is 0 Å². The number of nitrogens with zero attached hydrogens (tertiary/aromatic N) is 1. The van der Waals surface area contributed by atoms with Gasteiger partial charge in [0.1, 0.15) is 18.3 Å². The van der Waals surface area contributed by atoms with Crippen molar-refractivity contribution >= 4 is 11.9 Å². The molecule has 2 atom stereocenters. The molecule has 0 spiro atoms. The van der Waals surface area contributed by atoms with Gasteiger partial charge in [-0.1, -0.05) is 18.2 Å². The normalized spacial score (nSPS) is 24.3. The van der Waals surface area contributed by atoms with Gasteiger partial charge in [-0.25, -0.2) is 0 Å². The van der Waals surface area contributed by atoms with Crippen LogP contribution >= 0.6 is 0 Å². The van der Waals surface area contributed by atoms with Crippen molar-refractivity contribution in [1.82, 2.24) is 4.90 Å². The molecule has 2 aliphatic heterocycles. The number of carboxylic acids is 1. The molecule has 2 heterocycles. The lowest BCUT2D eigenvalue weighted by molar-refractivity contribution is -0.148. The van der Waals surface area contributed by atoms with E-state index in [0.29, 0.717) is 26.3 Å². The number of morpholine rings is 1. The average Bonchev–Trinajstić information content (AvgIpc) is 2.90. The van der Waals surface area contributed by atoms with Crippen LogP contribution in [0.1, 0.15) is 17.9 Å². The van der Waals surface area contributed by atoms with E-state index in [9.17, 15) is 9.59 Å². The second-order valence-electron chi connectivity index (χ2n) is 5.28. The molecule has 1 saturated heterocycles. The van der Waals surface area contributed by atoms with Crippen molar-refractivity contribution in [3.05, 3.63) is 29.8 Å². The maximum atomic E-state index is 12.6. The molecule has 2 aliphatic rings. The fourth-order valence-corrected chi connectivity index (χ4v) is 2.83. The molecule has 3 rings (SSSR count). The molecule has 1 amide bonds. The van der Waals surface area contributed by atoms with E-state index in [-0.39, 0.29) is 18.2 Å². The number of carboxylic acid groups (broad SMARTS) is 1. The van der Waals surface area contributed by atoms with Crippen LogP contribution in [0.15, 0.2) is 24.3 Å². The predicted molar refractivity (Wildman–Crippen MR) is 73.3 cm³/mol. The lowest BCUT2D eigenvalue weighted by Gasteiger charge is -2.33. The van der Waals surface area contributed by atoms with Crippen LogP contribution in [0.25, 0.3) is 0 Å². The molecule has 21 heavy (non-hydrogen) atoms. The molecular weight excluding hydrogens is 274 g/mol. The Morgan fingerprint density at radius 2 is 2.14 bits per heavy atom. The van der Waals surface area contributed by atoms with E-state index in [1.54, 1.807) is 4.90 Å². The minimum Gasteiger partial charge on any atom is -0.492 e. The van der Waals surface area contributed by atoms with Gasteiger partial charge >= 0.3 is 5.97 Å². The average molecular weight is 291 g/mol. The minimum atomic E-state index is -0.913. The molecular formula is C15H17NO5. The second-order valence-corrected chi connectivity index (χ2v) is 5.28. The van der Waals surface area contributed by atoms with Crippen molar-refractivity contribution in [2.75, 3.05) is 26.3 Å². The molecule has 0 saturated carbocycles. The second kappa shape index (κ2) is 5.73. The monoisotopic (exact) mass is 291 g/mol. The molecule has 1 N–H and O–H groups in total. The van der Waals surface area contributed by atoms with Gasteiger partial charge in [-0.05, 0) is 6.07 Å². The smallest absolute Gasteiger partial charge is 0.306 e. The third-order valence-electron chi connectivity index (χ3n) is 3.85. The van der Waals surface area contributed by atoms with Crippen LogP contribution < -0.4 is 4.74 Å². The molecule has 1 fully saturated rings. The summed E-state index contributed by atoms with van der Waals surface area (Å²) in [7, 11) is 0. The van der Waals surface area contributed by atoms with E-state index < -0.39 is 12.1 Å². The number of rotatable bonds is 3. The topological polar surface area (TPSA) is 76.1 Å². The van der Waals surface area contributed by atoms with Crippen LogP contribution in [-0.4, -0.2) is 54.3 Å². The largest absolute Gasteiger partial charge is 0.492 e. The third kappa shape index (κ3) is 2.85. The van der Waals surface area contributed by atoms with Crippen LogP contribution in [0.5, 0.6) is 5.75 Å². The highest BCUT2D eigenvalue weighted by Gasteiger charge is 2.35. The van der Waals surface area contributed by atoms with Gasteiger partial charge in [0.25, 0.3) is 0 Å². The third-order valence-corrected chi connectivity index (χ3v) is 3.85. The zero-order chi connectivity index (χ0) is 14.8. The van der Waals surface area contributed by atoms with Crippen molar-refractivity contribution in [1.29, 1.82) is 0 Å². The molecule has 0 aliphatic carbocycles. The van der Waals surface area contributed by atoms with Crippen LogP contribution in [-0.2, 0) is 14.3 Å². The van der Waals surface area contributed by atoms with Crippen molar-refractivity contribution in [3.8, 4) is 5.75 Å². The summed E-state index contributed by atoms with van der Waals surface area (Å²) in [6.45, 7) is 1.54. The van der Waals surface area contributed by atoms with Crippen molar-refractivity contribution in [2.24, 2.45) is 0 Å². The van der Waals surface area contributed by atoms with Gasteiger partial charge in [-0.15, -0.1) is 0 Å². The highest BCUT2D eigenvalue weighted by atomic mass is 16.5. The molecule has 1 aromatic carbocycles. The number of para-hydroxylation sites is 1. The van der Waals surface area contributed by atoms with E-state index in [0.717, 1.165) is 11.3 Å². The first-order valence-corrected chi connectivity index (χ1v) is 6.99. The Balaban J connectivity index is 1.70. The molecule has 6 heteroatoms. The van der Waals surface area contributed by atoms with E-state index in [1.807, 2.05) is 24.3 Å². The fourth-order valence-electron chi connectivity index (χ4n) is 2.83. The molecule has 0 aromatic heterocycles. The number of aliphatic carboxylic acids is 1. The molecule has 1 aromatic rings. The number of carbonyl (C=O) groups is 2. The quantitative estimate of drug-likeness (QED) is 0.894. The van der Waals surface area contributed by atoms with Crippen LogP contribution in [0.3, 0.4) is 0 Å². The molecule has 6 nitrogen and oxygen atoms in total. The molecule has 0 bridgehead atoms. The van der Waals surface area contributed by atoms with E-state index in [4.69, 9.17) is 14.6 Å². The highest BCUT2D eigenvalue weighted by molar-refractivity contribution is 5.85. The van der Waals surface area contributed by atoms with Gasteiger partial charge in [-0.3, -0.25) is 9.59 Å². The van der Waals surface area contributed by atoms with Gasteiger partial charge in [-0.2, -0.15) is 0 Å². The van der Waals surface area contributed by atoms with E-state index in [2.05, 4.69) is 0 Å². The lowest BCUT2D eigenvalue weighted by atomic mass is 9.99. The summed E-state index contributed by atoms with van der Waals surface area (Å²) in [5, 5.41) is 8.83. The van der Waals surface area contributed by atoms with E-state index in [1.165, 1.54) is 0 Å². The number of hydrogen-bond acceptors (Lipinski definition) is 4. The molecule has 112 valence electrons. The number of fused-ring (bicyclic) bond motifs is 1. The number of benzene rings is 1. The predicted octanol–water partition coefficient (Wildman–Crippen LogP) is 0.865. The Kier molecular flexibility index (Phi) is 3.79. The maximum Gasteiger partial charge on any atom is 0.306 e. The first-order valence-electron chi connectivity index (χ1n) is 6.99. The van der Waals surface area contributed by atoms with Crippen molar-refractivity contribution in [2.45, 2.75) is 18.4 Å². The Bertz CT molecular complexity index is 559. The summed E-state index contributed by atoms with van der Waals surface area (Å²) in [5.41, 5.74) is 0.906. The summed E-state index contributed by atoms with van der Waals surface area (Å²) in [4.78, 5) is 25.1. The number of amides is 1. The highest BCUT2D eigenvalue weighted by Crippen LogP contribution is 2.34. The van der Waals surface area contributed by atoms with Crippen LogP contribution in [0.4, 0.5) is 0 Å². The Morgan fingerprint density at radius 1 is 1.33 bits per heavy atom. The Labute approximate surface area is 122 Å². The number of carbonyl (C=O) groups excluding carboxylic acids is 1.